The maximum Gasteiger partial charge on any atom is 0.177 e. The van der Waals surface area contributed by atoms with Crippen molar-refractivity contribution in [1.29, 1.82) is 0 Å². The van der Waals surface area contributed by atoms with Gasteiger partial charge in [-0.25, -0.2) is 0 Å². The zero-order valence-corrected chi connectivity index (χ0v) is 10.1. The van der Waals surface area contributed by atoms with E-state index in [-0.39, 0.29) is 0 Å². The lowest BCUT2D eigenvalue weighted by Crippen LogP contribution is -2.03. The molecule has 2 rings (SSSR count). The van der Waals surface area contributed by atoms with Crippen LogP contribution in [0.3, 0.4) is 0 Å². The molecule has 1 heterocycles. The Labute approximate surface area is 99.1 Å². The monoisotopic (exact) mass is 239 g/mol. The van der Waals surface area contributed by atoms with Crippen LogP contribution in [-0.4, -0.2) is 13.7 Å². The van der Waals surface area contributed by atoms with Crippen molar-refractivity contribution < 1.29 is 9.15 Å². The zero-order valence-electron chi connectivity index (χ0n) is 9.34. The summed E-state index contributed by atoms with van der Waals surface area (Å²) in [5, 5.41) is 1.60. The molecule has 0 saturated carbocycles. The number of halogens is 1. The van der Waals surface area contributed by atoms with Crippen LogP contribution in [0.2, 0.25) is 5.02 Å². The van der Waals surface area contributed by atoms with Crippen LogP contribution in [0.1, 0.15) is 11.3 Å². The molecule has 0 aliphatic heterocycles. The van der Waals surface area contributed by atoms with Crippen LogP contribution in [0.25, 0.3) is 11.0 Å². The van der Waals surface area contributed by atoms with Crippen molar-refractivity contribution in [1.82, 2.24) is 0 Å². The predicted octanol–water partition coefficient (Wildman–Crippen LogP) is 2.90. The molecule has 0 spiro atoms. The Hall–Kier alpha value is -1.19. The van der Waals surface area contributed by atoms with E-state index in [9.17, 15) is 0 Å². The Bertz CT molecular complexity index is 519. The molecule has 0 bridgehead atoms. The first-order valence-electron chi connectivity index (χ1n) is 5.13. The van der Waals surface area contributed by atoms with Gasteiger partial charge in [0.15, 0.2) is 11.3 Å². The largest absolute Gasteiger partial charge is 0.493 e. The van der Waals surface area contributed by atoms with Crippen LogP contribution in [0, 0.1) is 6.92 Å². The first kappa shape index (κ1) is 11.3. The number of hydrogen-bond acceptors (Lipinski definition) is 3. The minimum Gasteiger partial charge on any atom is -0.493 e. The SMILES string of the molecule is COc1cc(CCN)c(Cl)c2cc(C)oc12. The average molecular weight is 240 g/mol. The first-order chi connectivity index (χ1) is 7.67. The average Bonchev–Trinajstić information content (AvgIpc) is 2.65. The van der Waals surface area contributed by atoms with Gasteiger partial charge in [-0.2, -0.15) is 0 Å². The molecule has 1 aromatic heterocycles. The number of benzene rings is 1. The number of methoxy groups -OCH3 is 1. The smallest absolute Gasteiger partial charge is 0.177 e. The molecule has 0 unspecified atom stereocenters. The number of nitrogens with two attached hydrogens (primary N) is 1. The number of aryl methyl sites for hydroxylation is 1. The number of rotatable bonds is 3. The van der Waals surface area contributed by atoms with E-state index in [2.05, 4.69) is 0 Å². The second-order valence-corrected chi connectivity index (χ2v) is 4.07. The Balaban J connectivity index is 2.71. The molecule has 86 valence electrons. The van der Waals surface area contributed by atoms with Crippen LogP contribution in [0.4, 0.5) is 0 Å². The van der Waals surface area contributed by atoms with Crippen molar-refractivity contribution in [3.05, 3.63) is 28.5 Å². The van der Waals surface area contributed by atoms with E-state index in [1.54, 1.807) is 7.11 Å². The van der Waals surface area contributed by atoms with Gasteiger partial charge in [-0.15, -0.1) is 0 Å². The van der Waals surface area contributed by atoms with Gasteiger partial charge in [-0.1, -0.05) is 11.6 Å². The minimum atomic E-state index is 0.561. The van der Waals surface area contributed by atoms with Gasteiger partial charge in [0, 0.05) is 5.39 Å². The van der Waals surface area contributed by atoms with Crippen molar-refractivity contribution in [2.24, 2.45) is 5.73 Å². The Kier molecular flexibility index (Phi) is 3.08. The van der Waals surface area contributed by atoms with Crippen LogP contribution < -0.4 is 10.5 Å². The lowest BCUT2D eigenvalue weighted by atomic mass is 10.1. The molecule has 2 N–H and O–H groups in total. The third-order valence-electron chi connectivity index (χ3n) is 2.54. The molecule has 3 nitrogen and oxygen atoms in total. The van der Waals surface area contributed by atoms with Crippen LogP contribution in [0.15, 0.2) is 16.5 Å². The fourth-order valence-corrected chi connectivity index (χ4v) is 2.10. The van der Waals surface area contributed by atoms with E-state index < -0.39 is 0 Å². The Morgan fingerprint density at radius 2 is 2.19 bits per heavy atom. The van der Waals surface area contributed by atoms with E-state index in [0.717, 1.165) is 23.1 Å². The molecular weight excluding hydrogens is 226 g/mol. The molecule has 0 saturated heterocycles. The Morgan fingerprint density at radius 3 is 2.81 bits per heavy atom. The molecule has 0 radical (unpaired) electrons. The van der Waals surface area contributed by atoms with Crippen molar-refractivity contribution in [3.63, 3.8) is 0 Å². The van der Waals surface area contributed by atoms with Gasteiger partial charge in [0.25, 0.3) is 0 Å². The van der Waals surface area contributed by atoms with Gasteiger partial charge in [0.05, 0.1) is 12.1 Å². The maximum atomic E-state index is 6.29. The van der Waals surface area contributed by atoms with E-state index in [1.807, 2.05) is 19.1 Å². The van der Waals surface area contributed by atoms with E-state index in [0.29, 0.717) is 22.9 Å². The second-order valence-electron chi connectivity index (χ2n) is 3.69. The molecule has 0 aliphatic carbocycles. The summed E-state index contributed by atoms with van der Waals surface area (Å²) < 4.78 is 10.9. The fourth-order valence-electron chi connectivity index (χ4n) is 1.81. The third kappa shape index (κ3) is 1.77. The summed E-state index contributed by atoms with van der Waals surface area (Å²) >= 11 is 6.29. The number of hydrogen-bond donors (Lipinski definition) is 1. The van der Waals surface area contributed by atoms with Crippen LogP contribution in [0.5, 0.6) is 5.75 Å². The summed E-state index contributed by atoms with van der Waals surface area (Å²) in [6.07, 6.45) is 0.732. The zero-order chi connectivity index (χ0) is 11.7. The summed E-state index contributed by atoms with van der Waals surface area (Å²) in [4.78, 5) is 0. The molecule has 1 aromatic carbocycles. The van der Waals surface area contributed by atoms with Crippen LogP contribution in [-0.2, 0) is 6.42 Å². The van der Waals surface area contributed by atoms with Crippen molar-refractivity contribution in [2.45, 2.75) is 13.3 Å². The van der Waals surface area contributed by atoms with Gasteiger partial charge in [0.1, 0.15) is 5.76 Å². The van der Waals surface area contributed by atoms with E-state index in [4.69, 9.17) is 26.5 Å². The lowest BCUT2D eigenvalue weighted by Gasteiger charge is -2.07. The second kappa shape index (κ2) is 4.36. The molecule has 0 amide bonds. The quantitative estimate of drug-likeness (QED) is 0.896. The summed E-state index contributed by atoms with van der Waals surface area (Å²) in [6, 6.07) is 3.81. The maximum absolute atomic E-state index is 6.29. The van der Waals surface area contributed by atoms with Gasteiger partial charge in [-0.05, 0) is 37.6 Å². The Morgan fingerprint density at radius 1 is 1.44 bits per heavy atom. The topological polar surface area (TPSA) is 48.4 Å². The van der Waals surface area contributed by atoms with Gasteiger partial charge in [0.2, 0.25) is 0 Å². The molecule has 16 heavy (non-hydrogen) atoms. The summed E-state index contributed by atoms with van der Waals surface area (Å²) in [6.45, 7) is 2.45. The summed E-state index contributed by atoms with van der Waals surface area (Å²) in [5.74, 6) is 1.52. The number of ether oxygens (including phenoxy) is 1. The number of furan rings is 1. The van der Waals surface area contributed by atoms with Crippen molar-refractivity contribution in [3.8, 4) is 5.75 Å². The predicted molar refractivity (Wildman–Crippen MR) is 65.3 cm³/mol. The number of fused-ring (bicyclic) bond motifs is 1. The van der Waals surface area contributed by atoms with E-state index in [1.165, 1.54) is 0 Å². The summed E-state index contributed by atoms with van der Waals surface area (Å²) in [5.41, 5.74) is 7.24. The molecule has 0 fully saturated rings. The molecular formula is C12H14ClNO2. The van der Waals surface area contributed by atoms with E-state index >= 15 is 0 Å². The van der Waals surface area contributed by atoms with Gasteiger partial charge in [-0.3, -0.25) is 0 Å². The normalized spacial score (nSPS) is 11.0. The highest BCUT2D eigenvalue weighted by Gasteiger charge is 2.14. The fraction of sp³-hybridized carbons (Fsp3) is 0.333. The lowest BCUT2D eigenvalue weighted by molar-refractivity contribution is 0.408. The molecule has 0 atom stereocenters. The first-order valence-corrected chi connectivity index (χ1v) is 5.50. The van der Waals surface area contributed by atoms with Gasteiger partial charge < -0.3 is 14.9 Å². The standard InChI is InChI=1S/C12H14ClNO2/c1-7-5-9-11(13)8(3-4-14)6-10(15-2)12(9)16-7/h5-6H,3-4,14H2,1-2H3. The highest BCUT2D eigenvalue weighted by atomic mass is 35.5. The highest BCUT2D eigenvalue weighted by Crippen LogP contribution is 2.36. The molecule has 0 aliphatic rings. The van der Waals surface area contributed by atoms with Crippen LogP contribution >= 0.6 is 11.6 Å². The molecule has 4 heteroatoms. The minimum absolute atomic E-state index is 0.561. The van der Waals surface area contributed by atoms with Crippen molar-refractivity contribution in [2.75, 3.05) is 13.7 Å². The molecule has 2 aromatic rings. The van der Waals surface area contributed by atoms with Gasteiger partial charge >= 0.3 is 0 Å². The highest BCUT2D eigenvalue weighted by molar-refractivity contribution is 6.36. The summed E-state index contributed by atoms with van der Waals surface area (Å²) in [7, 11) is 1.62. The third-order valence-corrected chi connectivity index (χ3v) is 2.98. The van der Waals surface area contributed by atoms with Crippen molar-refractivity contribution >= 4 is 22.6 Å².